The third kappa shape index (κ3) is 5.14. The van der Waals surface area contributed by atoms with Gasteiger partial charge in [-0.3, -0.25) is 0 Å². The first kappa shape index (κ1) is 21.0. The SMILES string of the molecule is COC(=O)/C=C(C(=O)OC)\C(=N\S(=O)(=O)c1ccc(C)cc1)c1ccccc1. The molecule has 0 N–H and O–H groups in total. The molecule has 0 heterocycles. The van der Waals surface area contributed by atoms with Crippen LogP contribution >= 0.6 is 0 Å². The molecule has 0 aliphatic heterocycles. The number of esters is 2. The van der Waals surface area contributed by atoms with Crippen LogP contribution in [0.4, 0.5) is 0 Å². The van der Waals surface area contributed by atoms with Crippen molar-refractivity contribution in [1.29, 1.82) is 0 Å². The predicted octanol–water partition coefficient (Wildman–Crippen LogP) is 2.45. The molecule has 0 aromatic heterocycles. The van der Waals surface area contributed by atoms with Crippen molar-refractivity contribution in [3.63, 3.8) is 0 Å². The average molecular weight is 401 g/mol. The first-order chi connectivity index (χ1) is 13.3. The second-order valence-corrected chi connectivity index (χ2v) is 7.27. The van der Waals surface area contributed by atoms with Crippen molar-refractivity contribution in [2.45, 2.75) is 11.8 Å². The Bertz CT molecular complexity index is 1020. The molecule has 0 aliphatic rings. The number of benzene rings is 2. The number of ether oxygens (including phenoxy) is 2. The van der Waals surface area contributed by atoms with Crippen molar-refractivity contribution in [2.24, 2.45) is 4.40 Å². The Morgan fingerprint density at radius 3 is 2.07 bits per heavy atom. The maximum absolute atomic E-state index is 12.8. The molecule has 28 heavy (non-hydrogen) atoms. The van der Waals surface area contributed by atoms with Gasteiger partial charge in [-0.05, 0) is 19.1 Å². The van der Waals surface area contributed by atoms with E-state index >= 15 is 0 Å². The molecule has 0 spiro atoms. The molecule has 8 heteroatoms. The Morgan fingerprint density at radius 1 is 0.929 bits per heavy atom. The van der Waals surface area contributed by atoms with Gasteiger partial charge < -0.3 is 9.47 Å². The highest BCUT2D eigenvalue weighted by molar-refractivity contribution is 7.90. The highest BCUT2D eigenvalue weighted by Gasteiger charge is 2.24. The lowest BCUT2D eigenvalue weighted by Crippen LogP contribution is -2.19. The Hall–Kier alpha value is -3.26. The molecule has 0 unspecified atom stereocenters. The molecule has 0 bridgehead atoms. The fraction of sp³-hybridized carbons (Fsp3) is 0.150. The van der Waals surface area contributed by atoms with E-state index in [1.165, 1.54) is 12.1 Å². The van der Waals surface area contributed by atoms with Gasteiger partial charge in [0.2, 0.25) is 0 Å². The number of rotatable bonds is 6. The van der Waals surface area contributed by atoms with Gasteiger partial charge in [0.15, 0.2) is 0 Å². The predicted molar refractivity (Wildman–Crippen MR) is 103 cm³/mol. The summed E-state index contributed by atoms with van der Waals surface area (Å²) in [4.78, 5) is 24.0. The van der Waals surface area contributed by atoms with Crippen LogP contribution in [0.3, 0.4) is 0 Å². The molecule has 7 nitrogen and oxygen atoms in total. The summed E-state index contributed by atoms with van der Waals surface area (Å²) in [6, 6.07) is 14.3. The van der Waals surface area contributed by atoms with E-state index < -0.39 is 22.0 Å². The van der Waals surface area contributed by atoms with Gasteiger partial charge in [-0.15, -0.1) is 0 Å². The number of methoxy groups -OCH3 is 2. The van der Waals surface area contributed by atoms with E-state index in [1.54, 1.807) is 42.5 Å². The molecule has 146 valence electrons. The van der Waals surface area contributed by atoms with Crippen molar-refractivity contribution in [2.75, 3.05) is 14.2 Å². The molecule has 0 fully saturated rings. The molecule has 0 aliphatic carbocycles. The third-order valence-corrected chi connectivity index (χ3v) is 4.99. The molecule has 2 aromatic rings. The fourth-order valence-electron chi connectivity index (χ4n) is 2.25. The van der Waals surface area contributed by atoms with Crippen molar-refractivity contribution in [1.82, 2.24) is 0 Å². The molecule has 2 rings (SSSR count). The summed E-state index contributed by atoms with van der Waals surface area (Å²) < 4.78 is 38.7. The minimum absolute atomic E-state index is 0.0474. The van der Waals surface area contributed by atoms with Crippen LogP contribution in [0.15, 0.2) is 75.5 Å². The number of sulfonamides is 1. The van der Waals surface area contributed by atoms with Gasteiger partial charge in [0, 0.05) is 11.6 Å². The maximum Gasteiger partial charge on any atom is 0.340 e. The lowest BCUT2D eigenvalue weighted by atomic mass is 10.0. The van der Waals surface area contributed by atoms with E-state index in [4.69, 9.17) is 4.74 Å². The average Bonchev–Trinajstić information content (AvgIpc) is 2.70. The summed E-state index contributed by atoms with van der Waals surface area (Å²) in [6.45, 7) is 1.82. The normalized spacial score (nSPS) is 12.4. The fourth-order valence-corrected chi connectivity index (χ4v) is 3.28. The zero-order chi connectivity index (χ0) is 20.7. The van der Waals surface area contributed by atoms with Crippen LogP contribution in [0.25, 0.3) is 0 Å². The van der Waals surface area contributed by atoms with Gasteiger partial charge in [-0.25, -0.2) is 9.59 Å². The van der Waals surface area contributed by atoms with Crippen molar-refractivity contribution >= 4 is 27.7 Å². The van der Waals surface area contributed by atoms with Crippen molar-refractivity contribution in [3.8, 4) is 0 Å². The van der Waals surface area contributed by atoms with Crippen molar-refractivity contribution < 1.29 is 27.5 Å². The molecule has 0 amide bonds. The molecule has 0 atom stereocenters. The molecule has 0 saturated carbocycles. The van der Waals surface area contributed by atoms with Gasteiger partial charge in [0.05, 0.1) is 30.4 Å². The topological polar surface area (TPSA) is 99.1 Å². The van der Waals surface area contributed by atoms with Crippen LogP contribution in [-0.2, 0) is 29.1 Å². The van der Waals surface area contributed by atoms with Gasteiger partial charge in [0.1, 0.15) is 0 Å². The Morgan fingerprint density at radius 2 is 1.54 bits per heavy atom. The van der Waals surface area contributed by atoms with E-state index in [-0.39, 0.29) is 16.2 Å². The van der Waals surface area contributed by atoms with Crippen LogP contribution in [0, 0.1) is 6.92 Å². The number of carbonyl (C=O) groups excluding carboxylic acids is 2. The lowest BCUT2D eigenvalue weighted by molar-refractivity contribution is -0.138. The number of carbonyl (C=O) groups is 2. The van der Waals surface area contributed by atoms with Crippen LogP contribution in [0.2, 0.25) is 0 Å². The summed E-state index contributed by atoms with van der Waals surface area (Å²) in [5, 5.41) is 0. The third-order valence-electron chi connectivity index (χ3n) is 3.70. The monoisotopic (exact) mass is 401 g/mol. The zero-order valence-electron chi connectivity index (χ0n) is 15.6. The van der Waals surface area contributed by atoms with E-state index in [1.807, 2.05) is 6.92 Å². The van der Waals surface area contributed by atoms with Gasteiger partial charge in [0.25, 0.3) is 10.0 Å². The van der Waals surface area contributed by atoms with Crippen LogP contribution < -0.4 is 0 Å². The summed E-state index contributed by atoms with van der Waals surface area (Å²) in [6.07, 6.45) is 0.850. The zero-order valence-corrected chi connectivity index (χ0v) is 16.4. The Kier molecular flexibility index (Phi) is 6.84. The van der Waals surface area contributed by atoms with Crippen LogP contribution in [0.5, 0.6) is 0 Å². The molecule has 0 saturated heterocycles. The standard InChI is InChI=1S/C20H19NO6S/c1-14-9-11-16(12-10-14)28(24,25)21-19(15-7-5-4-6-8-15)17(20(23)27-3)13-18(22)26-2/h4-13H,1-3H3/b17-13+,21-19+. The van der Waals surface area contributed by atoms with Gasteiger partial charge in [-0.1, -0.05) is 48.0 Å². The quantitative estimate of drug-likeness (QED) is 0.419. The van der Waals surface area contributed by atoms with E-state index in [9.17, 15) is 18.0 Å². The first-order valence-electron chi connectivity index (χ1n) is 8.14. The van der Waals surface area contributed by atoms with E-state index in [2.05, 4.69) is 9.13 Å². The summed E-state index contributed by atoms with van der Waals surface area (Å²) >= 11 is 0. The molecule has 0 radical (unpaired) electrons. The van der Waals surface area contributed by atoms with Gasteiger partial charge in [-0.2, -0.15) is 12.8 Å². The summed E-state index contributed by atoms with van der Waals surface area (Å²) in [5.41, 5.74) is 0.639. The summed E-state index contributed by atoms with van der Waals surface area (Å²) in [7, 11) is -1.92. The maximum atomic E-state index is 12.8. The highest BCUT2D eigenvalue weighted by Crippen LogP contribution is 2.19. The number of aryl methyl sites for hydroxylation is 1. The number of hydrogen-bond donors (Lipinski definition) is 0. The Labute approximate surface area is 163 Å². The van der Waals surface area contributed by atoms with Crippen molar-refractivity contribution in [3.05, 3.63) is 77.4 Å². The van der Waals surface area contributed by atoms with E-state index in [0.717, 1.165) is 25.9 Å². The Balaban J connectivity index is 2.73. The second kappa shape index (κ2) is 9.09. The minimum Gasteiger partial charge on any atom is -0.466 e. The van der Waals surface area contributed by atoms with Crippen LogP contribution in [-0.4, -0.2) is 40.3 Å². The minimum atomic E-state index is -4.17. The first-order valence-corrected chi connectivity index (χ1v) is 9.58. The highest BCUT2D eigenvalue weighted by atomic mass is 32.2. The largest absolute Gasteiger partial charge is 0.466 e. The summed E-state index contributed by atoms with van der Waals surface area (Å²) in [5.74, 6) is -1.77. The number of nitrogens with zero attached hydrogens (tertiary/aromatic N) is 1. The lowest BCUT2D eigenvalue weighted by Gasteiger charge is -2.10. The number of hydrogen-bond acceptors (Lipinski definition) is 6. The van der Waals surface area contributed by atoms with E-state index in [0.29, 0.717) is 5.56 Å². The molecule has 2 aromatic carbocycles. The smallest absolute Gasteiger partial charge is 0.340 e. The molecular formula is C20H19NO6S. The van der Waals surface area contributed by atoms with Gasteiger partial charge >= 0.3 is 11.9 Å². The van der Waals surface area contributed by atoms with Crippen LogP contribution in [0.1, 0.15) is 11.1 Å². The molecular weight excluding hydrogens is 382 g/mol. The second-order valence-electron chi connectivity index (χ2n) is 5.67.